The highest BCUT2D eigenvalue weighted by Gasteiger charge is 2.35. The van der Waals surface area contributed by atoms with Gasteiger partial charge in [-0.3, -0.25) is 10.1 Å². The molecule has 8 nitrogen and oxygen atoms in total. The van der Waals surface area contributed by atoms with Crippen LogP contribution in [0, 0.1) is 0 Å². The van der Waals surface area contributed by atoms with Gasteiger partial charge in [0.2, 0.25) is 0 Å². The lowest BCUT2D eigenvalue weighted by Gasteiger charge is -2.17. The monoisotopic (exact) mass is 479 g/mol. The van der Waals surface area contributed by atoms with Gasteiger partial charge in [0.05, 0.1) is 23.0 Å². The molecule has 0 saturated heterocycles. The van der Waals surface area contributed by atoms with Crippen molar-refractivity contribution in [1.82, 2.24) is 15.3 Å². The van der Waals surface area contributed by atoms with Gasteiger partial charge < -0.3 is 15.0 Å². The molecule has 0 spiro atoms. The van der Waals surface area contributed by atoms with E-state index in [4.69, 9.17) is 16.3 Å². The van der Waals surface area contributed by atoms with E-state index in [0.29, 0.717) is 11.8 Å². The first-order valence-electron chi connectivity index (χ1n) is 9.30. The number of para-hydroxylation sites is 1. The predicted octanol–water partition coefficient (Wildman–Crippen LogP) is 4.97. The molecular weight excluding hydrogens is 463 g/mol. The van der Waals surface area contributed by atoms with Crippen molar-refractivity contribution in [3.05, 3.63) is 71.0 Å². The van der Waals surface area contributed by atoms with Gasteiger partial charge in [0.1, 0.15) is 11.3 Å². The molecule has 3 amide bonds. The fourth-order valence-corrected chi connectivity index (χ4v) is 2.86. The number of alkyl halides is 3. The number of amides is 3. The minimum absolute atomic E-state index is 0.187. The van der Waals surface area contributed by atoms with E-state index in [1.54, 1.807) is 37.2 Å². The highest BCUT2D eigenvalue weighted by atomic mass is 35.5. The lowest BCUT2D eigenvalue weighted by Crippen LogP contribution is -2.35. The minimum Gasteiger partial charge on any atom is -0.424 e. The van der Waals surface area contributed by atoms with Gasteiger partial charge in [-0.25, -0.2) is 14.8 Å². The lowest BCUT2D eigenvalue weighted by atomic mass is 10.1. The minimum atomic E-state index is -4.81. The summed E-state index contributed by atoms with van der Waals surface area (Å²) in [6, 6.07) is 8.06. The molecule has 33 heavy (non-hydrogen) atoms. The third-order valence-corrected chi connectivity index (χ3v) is 4.39. The quantitative estimate of drug-likeness (QED) is 0.536. The van der Waals surface area contributed by atoms with Crippen molar-refractivity contribution >= 4 is 34.9 Å². The number of hydrogen-bond donors (Lipinski definition) is 2. The van der Waals surface area contributed by atoms with Crippen molar-refractivity contribution in [2.45, 2.75) is 6.18 Å². The molecule has 0 atom stereocenters. The summed E-state index contributed by atoms with van der Waals surface area (Å²) in [5, 5.41) is 4.50. The molecule has 0 fully saturated rings. The highest BCUT2D eigenvalue weighted by molar-refractivity contribution is 6.30. The van der Waals surface area contributed by atoms with E-state index in [2.05, 4.69) is 20.6 Å². The Morgan fingerprint density at radius 3 is 2.36 bits per heavy atom. The lowest BCUT2D eigenvalue weighted by molar-refractivity contribution is -0.138. The predicted molar refractivity (Wildman–Crippen MR) is 116 cm³/mol. The van der Waals surface area contributed by atoms with Gasteiger partial charge >= 0.3 is 18.2 Å². The zero-order valence-corrected chi connectivity index (χ0v) is 18.0. The number of imide groups is 1. The first kappa shape index (κ1) is 23.8. The average molecular weight is 480 g/mol. The number of nitrogens with one attached hydrogen (secondary N) is 2. The maximum absolute atomic E-state index is 13.6. The third kappa shape index (κ3) is 6.10. The van der Waals surface area contributed by atoms with E-state index in [0.717, 1.165) is 6.07 Å². The number of nitrogens with zero attached hydrogens (tertiary/aromatic N) is 3. The summed E-state index contributed by atoms with van der Waals surface area (Å²) in [7, 11) is 3.45. The summed E-state index contributed by atoms with van der Waals surface area (Å²) in [5.41, 5.74) is -0.602. The van der Waals surface area contributed by atoms with E-state index < -0.39 is 29.4 Å². The normalized spacial score (nSPS) is 11.0. The van der Waals surface area contributed by atoms with Crippen molar-refractivity contribution in [2.24, 2.45) is 0 Å². The van der Waals surface area contributed by atoms with Crippen LogP contribution in [0.1, 0.15) is 15.9 Å². The number of aromatic nitrogens is 2. The van der Waals surface area contributed by atoms with Crippen LogP contribution in [0.4, 0.5) is 29.3 Å². The molecule has 0 unspecified atom stereocenters. The van der Waals surface area contributed by atoms with Gasteiger partial charge in [0, 0.05) is 25.5 Å². The average Bonchev–Trinajstić information content (AvgIpc) is 2.75. The molecule has 2 N–H and O–H groups in total. The zero-order valence-electron chi connectivity index (χ0n) is 17.3. The molecule has 3 rings (SSSR count). The van der Waals surface area contributed by atoms with E-state index in [-0.39, 0.29) is 22.3 Å². The first-order chi connectivity index (χ1) is 15.5. The Hall–Kier alpha value is -3.86. The van der Waals surface area contributed by atoms with Crippen LogP contribution in [0.2, 0.25) is 5.02 Å². The SMILES string of the molecule is CN(C)c1ccccc1C(=O)NC(=O)Nc1ccc(Oc2ncc(Cl)cn2)c(C(F)(F)F)c1. The molecule has 0 radical (unpaired) electrons. The van der Waals surface area contributed by atoms with E-state index in [9.17, 15) is 22.8 Å². The molecule has 172 valence electrons. The van der Waals surface area contributed by atoms with Gasteiger partial charge in [0.15, 0.2) is 0 Å². The number of urea groups is 1. The van der Waals surface area contributed by atoms with Gasteiger partial charge in [-0.2, -0.15) is 13.2 Å². The van der Waals surface area contributed by atoms with Gasteiger partial charge in [-0.1, -0.05) is 23.7 Å². The number of ether oxygens (including phenoxy) is 1. The summed E-state index contributed by atoms with van der Waals surface area (Å²) in [6.45, 7) is 0. The van der Waals surface area contributed by atoms with Crippen LogP contribution in [0.25, 0.3) is 0 Å². The van der Waals surface area contributed by atoms with Crippen molar-refractivity contribution in [2.75, 3.05) is 24.3 Å². The Morgan fingerprint density at radius 1 is 1.06 bits per heavy atom. The Morgan fingerprint density at radius 2 is 1.73 bits per heavy atom. The van der Waals surface area contributed by atoms with Crippen LogP contribution in [-0.4, -0.2) is 36.0 Å². The molecule has 3 aromatic rings. The topological polar surface area (TPSA) is 96.5 Å². The highest BCUT2D eigenvalue weighted by Crippen LogP contribution is 2.39. The summed E-state index contributed by atoms with van der Waals surface area (Å²) in [5.74, 6) is -1.29. The van der Waals surface area contributed by atoms with Crippen molar-refractivity contribution in [1.29, 1.82) is 0 Å². The van der Waals surface area contributed by atoms with Crippen LogP contribution in [0.3, 0.4) is 0 Å². The van der Waals surface area contributed by atoms with Crippen molar-refractivity contribution in [3.63, 3.8) is 0 Å². The number of benzene rings is 2. The fraction of sp³-hybridized carbons (Fsp3) is 0.143. The number of anilines is 2. The molecular formula is C21H17ClF3N5O3. The summed E-state index contributed by atoms with van der Waals surface area (Å²) in [4.78, 5) is 33.8. The summed E-state index contributed by atoms with van der Waals surface area (Å²) < 4.78 is 45.8. The number of carbonyl (C=O) groups excluding carboxylic acids is 2. The number of halogens is 4. The smallest absolute Gasteiger partial charge is 0.420 e. The third-order valence-electron chi connectivity index (χ3n) is 4.20. The molecule has 1 heterocycles. The summed E-state index contributed by atoms with van der Waals surface area (Å²) in [6.07, 6.45) is -2.47. The zero-order chi connectivity index (χ0) is 24.2. The molecule has 12 heteroatoms. The first-order valence-corrected chi connectivity index (χ1v) is 9.67. The van der Waals surface area contributed by atoms with Crippen LogP contribution in [0.5, 0.6) is 11.8 Å². The standard InChI is InChI=1S/C21H17ClF3N5O3/c1-30(2)16-6-4-3-5-14(16)18(31)29-19(32)28-13-7-8-17(15(9-13)21(23,24)25)33-20-26-10-12(22)11-27-20/h3-11H,1-2H3,(H2,28,29,31,32). The molecule has 0 aliphatic rings. The Kier molecular flexibility index (Phi) is 7.02. The second-order valence-corrected chi connectivity index (χ2v) is 7.25. The van der Waals surface area contributed by atoms with Gasteiger partial charge in [-0.05, 0) is 30.3 Å². The molecule has 0 aliphatic carbocycles. The largest absolute Gasteiger partial charge is 0.424 e. The van der Waals surface area contributed by atoms with E-state index in [1.165, 1.54) is 24.5 Å². The number of rotatable bonds is 5. The van der Waals surface area contributed by atoms with E-state index >= 15 is 0 Å². The number of hydrogen-bond acceptors (Lipinski definition) is 6. The van der Waals surface area contributed by atoms with Crippen LogP contribution >= 0.6 is 11.6 Å². The Balaban J connectivity index is 1.77. The number of carbonyl (C=O) groups is 2. The molecule has 0 saturated carbocycles. The maximum atomic E-state index is 13.6. The van der Waals surface area contributed by atoms with Crippen molar-refractivity contribution < 1.29 is 27.5 Å². The summed E-state index contributed by atoms with van der Waals surface area (Å²) >= 11 is 5.65. The van der Waals surface area contributed by atoms with Crippen LogP contribution in [0.15, 0.2) is 54.9 Å². The molecule has 2 aromatic carbocycles. The molecule has 0 aliphatic heterocycles. The Labute approximate surface area is 191 Å². The van der Waals surface area contributed by atoms with Crippen LogP contribution in [-0.2, 0) is 6.18 Å². The fourth-order valence-electron chi connectivity index (χ4n) is 2.76. The van der Waals surface area contributed by atoms with Gasteiger partial charge in [-0.15, -0.1) is 0 Å². The van der Waals surface area contributed by atoms with E-state index in [1.807, 2.05) is 0 Å². The van der Waals surface area contributed by atoms with Crippen molar-refractivity contribution in [3.8, 4) is 11.8 Å². The molecule has 1 aromatic heterocycles. The second kappa shape index (κ2) is 9.74. The molecule has 0 bridgehead atoms. The Bertz CT molecular complexity index is 1170. The maximum Gasteiger partial charge on any atom is 0.420 e. The van der Waals surface area contributed by atoms with Crippen LogP contribution < -0.4 is 20.3 Å². The van der Waals surface area contributed by atoms with Gasteiger partial charge in [0.25, 0.3) is 5.91 Å². The second-order valence-electron chi connectivity index (χ2n) is 6.81.